The maximum absolute atomic E-state index is 5.12. The van der Waals surface area contributed by atoms with Crippen molar-refractivity contribution in [1.29, 1.82) is 0 Å². The van der Waals surface area contributed by atoms with Crippen molar-refractivity contribution < 1.29 is 4.52 Å². The van der Waals surface area contributed by atoms with E-state index >= 15 is 0 Å². The molecule has 1 atom stereocenters. The van der Waals surface area contributed by atoms with E-state index in [4.69, 9.17) is 4.52 Å². The zero-order chi connectivity index (χ0) is 11.4. The molecule has 0 saturated carbocycles. The van der Waals surface area contributed by atoms with Crippen LogP contribution in [0.2, 0.25) is 0 Å². The second-order valence-corrected chi connectivity index (χ2v) is 4.71. The number of rotatable bonds is 4. The summed E-state index contributed by atoms with van der Waals surface area (Å²) in [6.07, 6.45) is 2.53. The molecule has 1 saturated heterocycles. The second kappa shape index (κ2) is 5.30. The van der Waals surface area contributed by atoms with Crippen molar-refractivity contribution in [2.75, 3.05) is 25.0 Å². The summed E-state index contributed by atoms with van der Waals surface area (Å²) in [5, 5.41) is 10.5. The zero-order valence-electron chi connectivity index (χ0n) is 9.99. The highest BCUT2D eigenvalue weighted by molar-refractivity contribution is 5.19. The fourth-order valence-corrected chi connectivity index (χ4v) is 1.87. The third kappa shape index (κ3) is 2.95. The molecule has 2 rings (SSSR count). The van der Waals surface area contributed by atoms with Crippen LogP contribution in [0.15, 0.2) is 4.52 Å². The third-order valence-electron chi connectivity index (χ3n) is 2.90. The van der Waals surface area contributed by atoms with Gasteiger partial charge in [-0.1, -0.05) is 19.0 Å². The first-order chi connectivity index (χ1) is 7.75. The van der Waals surface area contributed by atoms with Gasteiger partial charge in [0.2, 0.25) is 0 Å². The van der Waals surface area contributed by atoms with Gasteiger partial charge in [0.15, 0.2) is 5.82 Å². The van der Waals surface area contributed by atoms with Crippen LogP contribution >= 0.6 is 0 Å². The largest absolute Gasteiger partial charge is 0.337 e. The van der Waals surface area contributed by atoms with E-state index in [1.165, 1.54) is 12.8 Å². The van der Waals surface area contributed by atoms with Crippen LogP contribution in [-0.4, -0.2) is 29.8 Å². The fourth-order valence-electron chi connectivity index (χ4n) is 1.87. The average Bonchev–Trinajstić information content (AvgIpc) is 2.76. The molecule has 2 heterocycles. The summed E-state index contributed by atoms with van der Waals surface area (Å²) >= 11 is 0. The van der Waals surface area contributed by atoms with Crippen LogP contribution in [0.5, 0.6) is 0 Å². The van der Waals surface area contributed by atoms with Crippen LogP contribution in [-0.2, 0) is 0 Å². The van der Waals surface area contributed by atoms with Crippen molar-refractivity contribution in [2.45, 2.75) is 32.6 Å². The van der Waals surface area contributed by atoms with Gasteiger partial charge in [-0.2, -0.15) is 4.98 Å². The van der Waals surface area contributed by atoms with E-state index in [2.05, 4.69) is 34.6 Å². The highest BCUT2D eigenvalue weighted by Crippen LogP contribution is 2.14. The first kappa shape index (κ1) is 11.4. The zero-order valence-corrected chi connectivity index (χ0v) is 9.99. The Morgan fingerprint density at radius 3 is 3.06 bits per heavy atom. The van der Waals surface area contributed by atoms with Crippen molar-refractivity contribution in [1.82, 2.24) is 15.5 Å². The molecular weight excluding hydrogens is 204 g/mol. The lowest BCUT2D eigenvalue weighted by atomic mass is 10.00. The van der Waals surface area contributed by atoms with Gasteiger partial charge in [-0.05, 0) is 31.8 Å². The van der Waals surface area contributed by atoms with E-state index in [0.29, 0.717) is 17.9 Å². The molecule has 5 nitrogen and oxygen atoms in total. The maximum atomic E-state index is 5.12. The van der Waals surface area contributed by atoms with Gasteiger partial charge in [-0.15, -0.1) is 0 Å². The molecule has 2 N–H and O–H groups in total. The van der Waals surface area contributed by atoms with E-state index in [-0.39, 0.29) is 0 Å². The van der Waals surface area contributed by atoms with E-state index in [0.717, 1.165) is 25.5 Å². The van der Waals surface area contributed by atoms with Gasteiger partial charge in [0, 0.05) is 12.5 Å². The monoisotopic (exact) mass is 224 g/mol. The van der Waals surface area contributed by atoms with Crippen molar-refractivity contribution in [3.63, 3.8) is 0 Å². The van der Waals surface area contributed by atoms with Gasteiger partial charge in [-0.3, -0.25) is 0 Å². The molecule has 1 aromatic heterocycles. The van der Waals surface area contributed by atoms with Gasteiger partial charge >= 0.3 is 6.01 Å². The molecule has 1 aliphatic rings. The molecule has 0 aliphatic carbocycles. The minimum absolute atomic E-state index is 0.315. The topological polar surface area (TPSA) is 63.0 Å². The maximum Gasteiger partial charge on any atom is 0.321 e. The Labute approximate surface area is 96.0 Å². The number of nitrogens with zero attached hydrogens (tertiary/aromatic N) is 2. The molecule has 90 valence electrons. The molecule has 0 aromatic carbocycles. The Morgan fingerprint density at radius 2 is 2.44 bits per heavy atom. The van der Waals surface area contributed by atoms with Crippen LogP contribution in [0.4, 0.5) is 6.01 Å². The third-order valence-corrected chi connectivity index (χ3v) is 2.90. The van der Waals surface area contributed by atoms with Crippen molar-refractivity contribution in [3.05, 3.63) is 5.82 Å². The van der Waals surface area contributed by atoms with E-state index < -0.39 is 0 Å². The lowest BCUT2D eigenvalue weighted by Crippen LogP contribution is -2.33. The van der Waals surface area contributed by atoms with Crippen molar-refractivity contribution >= 4 is 6.01 Å². The van der Waals surface area contributed by atoms with Gasteiger partial charge in [0.25, 0.3) is 0 Å². The first-order valence-corrected chi connectivity index (χ1v) is 6.04. The van der Waals surface area contributed by atoms with Gasteiger partial charge in [0.05, 0.1) is 0 Å². The number of hydrogen-bond donors (Lipinski definition) is 2. The molecule has 5 heteroatoms. The second-order valence-electron chi connectivity index (χ2n) is 4.71. The first-order valence-electron chi connectivity index (χ1n) is 6.04. The highest BCUT2D eigenvalue weighted by atomic mass is 16.5. The molecule has 1 aromatic rings. The lowest BCUT2D eigenvalue weighted by Gasteiger charge is -2.22. The van der Waals surface area contributed by atoms with Crippen LogP contribution < -0.4 is 10.6 Å². The summed E-state index contributed by atoms with van der Waals surface area (Å²) in [6, 6.07) is 0.550. The van der Waals surface area contributed by atoms with Crippen LogP contribution in [0.25, 0.3) is 0 Å². The number of nitrogens with one attached hydrogen (secondary N) is 2. The lowest BCUT2D eigenvalue weighted by molar-refractivity contribution is 0.381. The Kier molecular flexibility index (Phi) is 3.77. The Morgan fingerprint density at radius 1 is 1.56 bits per heavy atom. The normalized spacial score (nSPS) is 21.3. The van der Waals surface area contributed by atoms with Gasteiger partial charge in [-0.25, -0.2) is 0 Å². The standard InChI is InChI=1S/C11H20N4O/c1-8(2)10-14-11(16-15-10)13-7-9-4-3-5-12-6-9/h8-9,12H,3-7H2,1-2H3,(H,13,14,15). The summed E-state index contributed by atoms with van der Waals surface area (Å²) in [5.41, 5.74) is 0. The molecule has 1 fully saturated rings. The highest BCUT2D eigenvalue weighted by Gasteiger charge is 2.14. The number of anilines is 1. The fraction of sp³-hybridized carbons (Fsp3) is 0.818. The van der Waals surface area contributed by atoms with Crippen LogP contribution in [0.1, 0.15) is 38.4 Å². The van der Waals surface area contributed by atoms with Crippen LogP contribution in [0.3, 0.4) is 0 Å². The van der Waals surface area contributed by atoms with E-state index in [1.54, 1.807) is 0 Å². The Bertz CT molecular complexity index is 318. The summed E-state index contributed by atoms with van der Waals surface area (Å²) in [4.78, 5) is 4.28. The van der Waals surface area contributed by atoms with Gasteiger partial charge in [0.1, 0.15) is 0 Å². The molecule has 1 unspecified atom stereocenters. The average molecular weight is 224 g/mol. The number of hydrogen-bond acceptors (Lipinski definition) is 5. The summed E-state index contributed by atoms with van der Waals surface area (Å²) < 4.78 is 5.12. The van der Waals surface area contributed by atoms with E-state index in [9.17, 15) is 0 Å². The number of piperidine rings is 1. The molecule has 1 aliphatic heterocycles. The molecule has 16 heavy (non-hydrogen) atoms. The minimum atomic E-state index is 0.315. The Hall–Kier alpha value is -1.10. The van der Waals surface area contributed by atoms with Gasteiger partial charge < -0.3 is 15.2 Å². The molecule has 0 amide bonds. The number of aromatic nitrogens is 2. The minimum Gasteiger partial charge on any atom is -0.337 e. The SMILES string of the molecule is CC(C)c1noc(NCC2CCCNC2)n1. The molecule has 0 spiro atoms. The van der Waals surface area contributed by atoms with Crippen molar-refractivity contribution in [2.24, 2.45) is 5.92 Å². The molecule has 0 bridgehead atoms. The Balaban J connectivity index is 1.79. The van der Waals surface area contributed by atoms with Crippen LogP contribution in [0, 0.1) is 5.92 Å². The quantitative estimate of drug-likeness (QED) is 0.813. The smallest absolute Gasteiger partial charge is 0.321 e. The molecule has 0 radical (unpaired) electrons. The molecular formula is C11H20N4O. The summed E-state index contributed by atoms with van der Waals surface area (Å²) in [5.74, 6) is 1.75. The van der Waals surface area contributed by atoms with E-state index in [1.807, 2.05) is 0 Å². The predicted octanol–water partition coefficient (Wildman–Crippen LogP) is 1.60. The predicted molar refractivity (Wildman–Crippen MR) is 62.5 cm³/mol. The van der Waals surface area contributed by atoms with Crippen molar-refractivity contribution in [3.8, 4) is 0 Å². The summed E-state index contributed by atoms with van der Waals surface area (Å²) in [7, 11) is 0. The summed E-state index contributed by atoms with van der Waals surface area (Å²) in [6.45, 7) is 7.25.